The number of hydrogen-bond acceptors (Lipinski definition) is 2. The van der Waals surface area contributed by atoms with Gasteiger partial charge < -0.3 is 4.57 Å². The highest BCUT2D eigenvalue weighted by Gasteiger charge is 2.44. The van der Waals surface area contributed by atoms with Crippen LogP contribution >= 0.6 is 7.14 Å². The summed E-state index contributed by atoms with van der Waals surface area (Å²) in [5, 5.41) is 3.59. The highest BCUT2D eigenvalue weighted by atomic mass is 31.2. The number of nitrogens with zero attached hydrogens (tertiary/aromatic N) is 1. The predicted octanol–water partition coefficient (Wildman–Crippen LogP) is 7.66. The molecule has 5 rings (SSSR count). The van der Waals surface area contributed by atoms with E-state index in [1.54, 1.807) is 0 Å². The Bertz CT molecular complexity index is 1100. The molecule has 158 valence electrons. The molecule has 2 nitrogen and oxygen atoms in total. The number of pyridine rings is 1. The summed E-state index contributed by atoms with van der Waals surface area (Å²) >= 11 is 0. The second kappa shape index (κ2) is 8.12. The molecule has 0 spiro atoms. The molecule has 0 saturated heterocycles. The van der Waals surface area contributed by atoms with Gasteiger partial charge in [-0.3, -0.25) is 0 Å². The van der Waals surface area contributed by atoms with Crippen molar-refractivity contribution in [3.63, 3.8) is 0 Å². The van der Waals surface area contributed by atoms with E-state index < -0.39 is 7.14 Å². The highest BCUT2D eigenvalue weighted by Crippen LogP contribution is 2.62. The molecule has 2 saturated carbocycles. The van der Waals surface area contributed by atoms with E-state index in [0.717, 1.165) is 42.0 Å². The van der Waals surface area contributed by atoms with Crippen LogP contribution in [0.5, 0.6) is 0 Å². The third-order valence-electron chi connectivity index (χ3n) is 7.65. The van der Waals surface area contributed by atoms with Crippen molar-refractivity contribution in [1.29, 1.82) is 0 Å². The van der Waals surface area contributed by atoms with Gasteiger partial charge in [0.05, 0.1) is 5.52 Å². The molecule has 1 aromatic heterocycles. The molecule has 0 aliphatic heterocycles. The normalized spacial score (nSPS) is 19.5. The fraction of sp³-hybridized carbons (Fsp3) is 0.519. The molecule has 0 N–H and O–H groups in total. The van der Waals surface area contributed by atoms with Gasteiger partial charge in [-0.15, -0.1) is 0 Å². The second-order valence-electron chi connectivity index (χ2n) is 9.80. The molecule has 0 atom stereocenters. The third-order valence-corrected chi connectivity index (χ3v) is 11.9. The Kier molecular flexibility index (Phi) is 5.48. The topological polar surface area (TPSA) is 30.0 Å². The zero-order valence-corrected chi connectivity index (χ0v) is 19.4. The molecule has 3 aromatic rings. The van der Waals surface area contributed by atoms with Crippen molar-refractivity contribution in [1.82, 2.24) is 4.98 Å². The maximum atomic E-state index is 15.3. The first kappa shape index (κ1) is 20.3. The smallest absolute Gasteiger partial charge is 0.139 e. The lowest BCUT2D eigenvalue weighted by atomic mass is 9.99. The monoisotopic (exact) mass is 419 g/mol. The molecule has 30 heavy (non-hydrogen) atoms. The predicted molar refractivity (Wildman–Crippen MR) is 130 cm³/mol. The fourth-order valence-corrected chi connectivity index (χ4v) is 10.4. The molecule has 2 fully saturated rings. The Morgan fingerprint density at radius 2 is 1.23 bits per heavy atom. The molecule has 1 heterocycles. The van der Waals surface area contributed by atoms with Crippen LogP contribution in [0.4, 0.5) is 0 Å². The molecule has 0 amide bonds. The van der Waals surface area contributed by atoms with Gasteiger partial charge in [0.15, 0.2) is 0 Å². The largest absolute Gasteiger partial charge is 0.316 e. The average molecular weight is 420 g/mol. The van der Waals surface area contributed by atoms with Crippen LogP contribution in [0.2, 0.25) is 0 Å². The summed E-state index contributed by atoms with van der Waals surface area (Å²) < 4.78 is 15.3. The SMILES string of the molecule is Cc1ccc2c(c1)c(P(=O)(C1CCCCC1)C1CCCCC1)nc1ccc(C)cc12. The summed E-state index contributed by atoms with van der Waals surface area (Å²) in [5.41, 5.74) is 5.12. The summed E-state index contributed by atoms with van der Waals surface area (Å²) in [5.74, 6) is 0. The molecular formula is C27H34NOP. The van der Waals surface area contributed by atoms with Crippen LogP contribution in [-0.2, 0) is 4.57 Å². The van der Waals surface area contributed by atoms with E-state index in [0.29, 0.717) is 11.3 Å². The van der Waals surface area contributed by atoms with Crippen LogP contribution in [-0.4, -0.2) is 16.3 Å². The van der Waals surface area contributed by atoms with Crippen molar-refractivity contribution in [3.05, 3.63) is 47.5 Å². The van der Waals surface area contributed by atoms with Crippen LogP contribution in [0.15, 0.2) is 36.4 Å². The first-order valence-corrected chi connectivity index (χ1v) is 13.8. The Balaban J connectivity index is 1.81. The summed E-state index contributed by atoms with van der Waals surface area (Å²) in [7, 11) is -2.62. The van der Waals surface area contributed by atoms with Gasteiger partial charge in [0.1, 0.15) is 12.6 Å². The van der Waals surface area contributed by atoms with Gasteiger partial charge in [-0.1, -0.05) is 67.9 Å². The van der Waals surface area contributed by atoms with Gasteiger partial charge >= 0.3 is 0 Å². The third kappa shape index (κ3) is 3.42. The Hall–Kier alpha value is -1.66. The molecule has 0 bridgehead atoms. The molecule has 2 aliphatic rings. The van der Waals surface area contributed by atoms with Crippen molar-refractivity contribution in [2.75, 3.05) is 0 Å². The van der Waals surface area contributed by atoms with E-state index in [4.69, 9.17) is 4.98 Å². The summed E-state index contributed by atoms with van der Waals surface area (Å²) in [6.45, 7) is 4.29. The molecule has 2 aromatic carbocycles. The number of hydrogen-bond donors (Lipinski definition) is 0. The van der Waals surface area contributed by atoms with E-state index >= 15 is 4.57 Å². The zero-order chi connectivity index (χ0) is 20.7. The van der Waals surface area contributed by atoms with E-state index in [-0.39, 0.29) is 0 Å². The zero-order valence-electron chi connectivity index (χ0n) is 18.5. The van der Waals surface area contributed by atoms with Crippen LogP contribution < -0.4 is 5.44 Å². The summed E-state index contributed by atoms with van der Waals surface area (Å²) in [6, 6.07) is 13.2. The molecule has 0 unspecified atom stereocenters. The lowest BCUT2D eigenvalue weighted by Gasteiger charge is -2.38. The van der Waals surface area contributed by atoms with Crippen LogP contribution in [0.25, 0.3) is 21.7 Å². The lowest BCUT2D eigenvalue weighted by molar-refractivity contribution is 0.452. The van der Waals surface area contributed by atoms with Crippen LogP contribution in [0.1, 0.15) is 75.3 Å². The molecular weight excluding hydrogens is 385 g/mol. The van der Waals surface area contributed by atoms with E-state index in [2.05, 4.69) is 50.2 Å². The number of aromatic nitrogens is 1. The minimum absolute atomic E-state index is 0.327. The van der Waals surface area contributed by atoms with Crippen molar-refractivity contribution >= 4 is 34.3 Å². The Morgan fingerprint density at radius 3 is 1.83 bits per heavy atom. The maximum absolute atomic E-state index is 15.3. The van der Waals surface area contributed by atoms with Crippen LogP contribution in [0, 0.1) is 13.8 Å². The highest BCUT2D eigenvalue weighted by molar-refractivity contribution is 7.73. The quantitative estimate of drug-likeness (QED) is 0.322. The molecule has 0 radical (unpaired) electrons. The van der Waals surface area contributed by atoms with Gasteiger partial charge in [0, 0.05) is 22.1 Å². The van der Waals surface area contributed by atoms with E-state index in [9.17, 15) is 0 Å². The van der Waals surface area contributed by atoms with Gasteiger partial charge in [0.25, 0.3) is 0 Å². The van der Waals surface area contributed by atoms with Crippen molar-refractivity contribution in [2.24, 2.45) is 0 Å². The fourth-order valence-electron chi connectivity index (χ4n) is 6.06. The van der Waals surface area contributed by atoms with Gasteiger partial charge in [-0.05, 0) is 63.1 Å². The number of aryl methyl sites for hydroxylation is 2. The first-order valence-electron chi connectivity index (χ1n) is 12.0. The Labute approximate surface area is 180 Å². The van der Waals surface area contributed by atoms with E-state index in [1.165, 1.54) is 60.4 Å². The van der Waals surface area contributed by atoms with E-state index in [1.807, 2.05) is 0 Å². The standard InChI is InChI=1S/C27H34NOP/c1-19-13-15-23-24-17-20(2)14-16-26(24)28-27(25(23)18-19)30(29,21-9-5-3-6-10-21)22-11-7-4-8-12-22/h13-18,21-22H,3-12H2,1-2H3. The number of fused-ring (bicyclic) bond motifs is 3. The summed E-state index contributed by atoms with van der Waals surface area (Å²) in [4.78, 5) is 5.24. The molecule has 2 aliphatic carbocycles. The number of benzene rings is 2. The first-order chi connectivity index (χ1) is 14.6. The van der Waals surface area contributed by atoms with Gasteiger partial charge in [0.2, 0.25) is 0 Å². The minimum Gasteiger partial charge on any atom is -0.316 e. The second-order valence-corrected chi connectivity index (χ2v) is 13.1. The number of rotatable bonds is 3. The minimum atomic E-state index is -2.62. The van der Waals surface area contributed by atoms with Crippen LogP contribution in [0.3, 0.4) is 0 Å². The Morgan fingerprint density at radius 1 is 0.700 bits per heavy atom. The van der Waals surface area contributed by atoms with Crippen molar-refractivity contribution in [3.8, 4) is 0 Å². The van der Waals surface area contributed by atoms with Crippen molar-refractivity contribution < 1.29 is 4.57 Å². The van der Waals surface area contributed by atoms with Gasteiger partial charge in [-0.25, -0.2) is 4.98 Å². The van der Waals surface area contributed by atoms with Crippen molar-refractivity contribution in [2.45, 2.75) is 89.4 Å². The average Bonchev–Trinajstić information content (AvgIpc) is 2.79. The lowest BCUT2D eigenvalue weighted by Crippen LogP contribution is -2.31. The maximum Gasteiger partial charge on any atom is 0.139 e. The molecule has 3 heteroatoms. The summed E-state index contributed by atoms with van der Waals surface area (Å²) in [6.07, 6.45) is 12.0. The van der Waals surface area contributed by atoms with Gasteiger partial charge in [-0.2, -0.15) is 0 Å².